The Hall–Kier alpha value is -0.850. The quantitative estimate of drug-likeness (QED) is 0.778. The summed E-state index contributed by atoms with van der Waals surface area (Å²) in [6, 6.07) is 10.8. The van der Waals surface area contributed by atoms with Crippen LogP contribution < -0.4 is 0 Å². The molecular weight excluding hydrogens is 264 g/mol. The van der Waals surface area contributed by atoms with E-state index in [1.54, 1.807) is 0 Å². The number of rotatable bonds is 2. The highest BCUT2D eigenvalue weighted by Gasteiger charge is 2.20. The largest absolute Gasteiger partial charge is 0.291 e. The van der Waals surface area contributed by atoms with Gasteiger partial charge in [0.05, 0.1) is 12.6 Å². The SMILES string of the molecule is N#CCN1CCC(c2cccc(Br)c2)CC1. The lowest BCUT2D eigenvalue weighted by Gasteiger charge is -2.30. The molecule has 0 unspecified atom stereocenters. The lowest BCUT2D eigenvalue weighted by molar-refractivity contribution is 0.235. The fourth-order valence-corrected chi connectivity index (χ4v) is 2.70. The summed E-state index contributed by atoms with van der Waals surface area (Å²) >= 11 is 3.51. The minimum absolute atomic E-state index is 0.575. The van der Waals surface area contributed by atoms with Crippen LogP contribution in [0.2, 0.25) is 0 Å². The predicted molar refractivity (Wildman–Crippen MR) is 68.2 cm³/mol. The Balaban J connectivity index is 1.97. The highest BCUT2D eigenvalue weighted by molar-refractivity contribution is 9.10. The number of likely N-dealkylation sites (tertiary alicyclic amines) is 1. The number of benzene rings is 1. The number of hydrogen-bond donors (Lipinski definition) is 0. The minimum Gasteiger partial charge on any atom is -0.291 e. The third-order valence-electron chi connectivity index (χ3n) is 3.20. The van der Waals surface area contributed by atoms with Crippen molar-refractivity contribution in [2.75, 3.05) is 19.6 Å². The van der Waals surface area contributed by atoms with Crippen LogP contribution in [0.4, 0.5) is 0 Å². The Bertz CT molecular complexity index is 389. The molecule has 0 spiro atoms. The van der Waals surface area contributed by atoms with Gasteiger partial charge in [0.2, 0.25) is 0 Å². The van der Waals surface area contributed by atoms with Crippen LogP contribution in [-0.2, 0) is 0 Å². The molecule has 1 aromatic rings. The van der Waals surface area contributed by atoms with E-state index in [0.717, 1.165) is 30.4 Å². The molecule has 0 saturated carbocycles. The maximum atomic E-state index is 8.64. The van der Waals surface area contributed by atoms with E-state index in [0.29, 0.717) is 12.5 Å². The van der Waals surface area contributed by atoms with Crippen molar-refractivity contribution in [2.45, 2.75) is 18.8 Å². The van der Waals surface area contributed by atoms with E-state index < -0.39 is 0 Å². The molecule has 0 radical (unpaired) electrons. The van der Waals surface area contributed by atoms with E-state index in [9.17, 15) is 0 Å². The van der Waals surface area contributed by atoms with Crippen molar-refractivity contribution in [1.29, 1.82) is 5.26 Å². The first-order chi connectivity index (χ1) is 7.79. The van der Waals surface area contributed by atoms with Gasteiger partial charge in [0.15, 0.2) is 0 Å². The van der Waals surface area contributed by atoms with E-state index in [4.69, 9.17) is 5.26 Å². The number of nitriles is 1. The van der Waals surface area contributed by atoms with Crippen LogP contribution >= 0.6 is 15.9 Å². The highest BCUT2D eigenvalue weighted by atomic mass is 79.9. The van der Waals surface area contributed by atoms with Gasteiger partial charge < -0.3 is 0 Å². The van der Waals surface area contributed by atoms with E-state index in [-0.39, 0.29) is 0 Å². The first-order valence-electron chi connectivity index (χ1n) is 5.64. The maximum Gasteiger partial charge on any atom is 0.0865 e. The van der Waals surface area contributed by atoms with Crippen LogP contribution in [0.1, 0.15) is 24.3 Å². The molecule has 1 aromatic carbocycles. The van der Waals surface area contributed by atoms with Crippen molar-refractivity contribution < 1.29 is 0 Å². The van der Waals surface area contributed by atoms with Crippen LogP contribution in [0.15, 0.2) is 28.7 Å². The van der Waals surface area contributed by atoms with Gasteiger partial charge in [-0.3, -0.25) is 4.90 Å². The van der Waals surface area contributed by atoms with Crippen LogP contribution in [0, 0.1) is 11.3 Å². The smallest absolute Gasteiger partial charge is 0.0865 e. The Labute approximate surface area is 105 Å². The van der Waals surface area contributed by atoms with Crippen LogP contribution in [-0.4, -0.2) is 24.5 Å². The molecule has 16 heavy (non-hydrogen) atoms. The average Bonchev–Trinajstić information content (AvgIpc) is 2.30. The second-order valence-corrected chi connectivity index (χ2v) is 5.18. The summed E-state index contributed by atoms with van der Waals surface area (Å²) in [6.45, 7) is 2.67. The summed E-state index contributed by atoms with van der Waals surface area (Å²) < 4.78 is 1.16. The van der Waals surface area contributed by atoms with Crippen LogP contribution in [0.3, 0.4) is 0 Å². The number of hydrogen-bond acceptors (Lipinski definition) is 2. The molecule has 0 bridgehead atoms. The van der Waals surface area contributed by atoms with Crippen molar-refractivity contribution in [3.8, 4) is 6.07 Å². The molecule has 2 rings (SSSR count). The van der Waals surface area contributed by atoms with Crippen molar-refractivity contribution in [3.05, 3.63) is 34.3 Å². The van der Waals surface area contributed by atoms with E-state index in [1.165, 1.54) is 5.56 Å². The second kappa shape index (κ2) is 5.47. The van der Waals surface area contributed by atoms with Gasteiger partial charge in [-0.1, -0.05) is 28.1 Å². The second-order valence-electron chi connectivity index (χ2n) is 4.26. The number of piperidine rings is 1. The molecular formula is C13H15BrN2. The molecule has 2 nitrogen and oxygen atoms in total. The third-order valence-corrected chi connectivity index (χ3v) is 3.70. The monoisotopic (exact) mass is 278 g/mol. The van der Waals surface area contributed by atoms with Gasteiger partial charge in [-0.2, -0.15) is 5.26 Å². The summed E-state index contributed by atoms with van der Waals surface area (Å²) in [5.74, 6) is 0.660. The minimum atomic E-state index is 0.575. The zero-order valence-electron chi connectivity index (χ0n) is 9.19. The topological polar surface area (TPSA) is 27.0 Å². The molecule has 1 aliphatic rings. The highest BCUT2D eigenvalue weighted by Crippen LogP contribution is 2.29. The van der Waals surface area contributed by atoms with Gasteiger partial charge in [-0.05, 0) is 49.5 Å². The van der Waals surface area contributed by atoms with Gasteiger partial charge in [0.1, 0.15) is 0 Å². The molecule has 0 aliphatic carbocycles. The summed E-state index contributed by atoms with van der Waals surface area (Å²) in [4.78, 5) is 2.23. The van der Waals surface area contributed by atoms with Crippen LogP contribution in [0.25, 0.3) is 0 Å². The van der Waals surface area contributed by atoms with E-state index >= 15 is 0 Å². The molecule has 0 amide bonds. The molecule has 1 aliphatic heterocycles. The van der Waals surface area contributed by atoms with Gasteiger partial charge in [0.25, 0.3) is 0 Å². The maximum absolute atomic E-state index is 8.64. The molecule has 1 saturated heterocycles. The Morgan fingerprint density at radius 1 is 1.38 bits per heavy atom. The van der Waals surface area contributed by atoms with E-state index in [1.807, 2.05) is 0 Å². The first kappa shape index (κ1) is 11.6. The standard InChI is InChI=1S/C13H15BrN2/c14-13-3-1-2-12(10-13)11-4-7-16(8-5-11)9-6-15/h1-3,10-11H,4-5,7-9H2. The zero-order chi connectivity index (χ0) is 11.4. The molecule has 3 heteroatoms. The molecule has 0 N–H and O–H groups in total. The molecule has 1 fully saturated rings. The lowest BCUT2D eigenvalue weighted by Crippen LogP contribution is -2.33. The van der Waals surface area contributed by atoms with Gasteiger partial charge in [0, 0.05) is 4.47 Å². The van der Waals surface area contributed by atoms with Crippen molar-refractivity contribution in [1.82, 2.24) is 4.90 Å². The summed E-state index contributed by atoms with van der Waals surface area (Å²) in [6.07, 6.45) is 2.33. The fourth-order valence-electron chi connectivity index (χ4n) is 2.28. The molecule has 1 heterocycles. The summed E-state index contributed by atoms with van der Waals surface area (Å²) in [7, 11) is 0. The summed E-state index contributed by atoms with van der Waals surface area (Å²) in [5, 5.41) is 8.64. The predicted octanol–water partition coefficient (Wildman–Crippen LogP) is 3.15. The Morgan fingerprint density at radius 2 is 2.12 bits per heavy atom. The van der Waals surface area contributed by atoms with Crippen molar-refractivity contribution in [3.63, 3.8) is 0 Å². The van der Waals surface area contributed by atoms with Gasteiger partial charge >= 0.3 is 0 Å². The lowest BCUT2D eigenvalue weighted by atomic mass is 9.89. The molecule has 0 atom stereocenters. The Kier molecular flexibility index (Phi) is 3.98. The van der Waals surface area contributed by atoms with Crippen LogP contribution in [0.5, 0.6) is 0 Å². The fraction of sp³-hybridized carbons (Fsp3) is 0.462. The third kappa shape index (κ3) is 2.84. The average molecular weight is 279 g/mol. The zero-order valence-corrected chi connectivity index (χ0v) is 10.8. The van der Waals surface area contributed by atoms with Crippen molar-refractivity contribution in [2.24, 2.45) is 0 Å². The molecule has 0 aromatic heterocycles. The van der Waals surface area contributed by atoms with Gasteiger partial charge in [-0.15, -0.1) is 0 Å². The molecule has 84 valence electrons. The normalized spacial score (nSPS) is 18.2. The Morgan fingerprint density at radius 3 is 2.75 bits per heavy atom. The van der Waals surface area contributed by atoms with Gasteiger partial charge in [-0.25, -0.2) is 0 Å². The number of nitrogens with zero attached hydrogens (tertiary/aromatic N) is 2. The van der Waals surface area contributed by atoms with Crippen molar-refractivity contribution >= 4 is 15.9 Å². The first-order valence-corrected chi connectivity index (χ1v) is 6.43. The van der Waals surface area contributed by atoms with E-state index in [2.05, 4.69) is 51.2 Å². The number of halogens is 1. The summed E-state index contributed by atoms with van der Waals surface area (Å²) in [5.41, 5.74) is 1.42.